The zero-order valence-electron chi connectivity index (χ0n) is 18.4. The van der Waals surface area contributed by atoms with Crippen molar-refractivity contribution >= 4 is 23.5 Å². The Kier molecular flexibility index (Phi) is 4.57. The summed E-state index contributed by atoms with van der Waals surface area (Å²) in [6, 6.07) is 8.33. The fraction of sp³-hybridized carbons (Fsp3) is 0.545. The van der Waals surface area contributed by atoms with Gasteiger partial charge in [-0.25, -0.2) is 4.68 Å². The normalized spacial score (nSPS) is 23.4. The highest BCUT2D eigenvalue weighted by Gasteiger charge is 2.51. The van der Waals surface area contributed by atoms with Crippen LogP contribution in [0.1, 0.15) is 53.2 Å². The van der Waals surface area contributed by atoms with Gasteiger partial charge in [0.2, 0.25) is 0 Å². The molecule has 2 fully saturated rings. The maximum Gasteiger partial charge on any atom is 0.494 e. The third-order valence-electron chi connectivity index (χ3n) is 6.75. The van der Waals surface area contributed by atoms with Crippen molar-refractivity contribution in [2.45, 2.75) is 64.4 Å². The van der Waals surface area contributed by atoms with Gasteiger partial charge >= 0.3 is 7.12 Å². The van der Waals surface area contributed by atoms with Crippen LogP contribution in [-0.2, 0) is 21.1 Å². The second-order valence-corrected chi connectivity index (χ2v) is 9.32. The highest BCUT2D eigenvalue weighted by Crippen LogP contribution is 2.37. The Bertz CT molecular complexity index is 1070. The van der Waals surface area contributed by atoms with Crippen molar-refractivity contribution in [1.82, 2.24) is 19.6 Å². The molecule has 1 atom stereocenters. The van der Waals surface area contributed by atoms with Crippen LogP contribution in [0, 0.1) is 0 Å². The number of hydrogen-bond donors (Lipinski definition) is 0. The standard InChI is InChI=1S/C22H29BN4O3/c1-21(2)22(3,4)30-23(29-21)15-9-10-17-16(14-15)20(18-11-12-24-26(18)5)25-27(17)19-8-6-7-13-28-19/h9-12,14,19H,6-8,13H2,1-5H3. The first-order valence-corrected chi connectivity index (χ1v) is 10.7. The van der Waals surface area contributed by atoms with Crippen LogP contribution in [0.3, 0.4) is 0 Å². The molecular weight excluding hydrogens is 379 g/mol. The summed E-state index contributed by atoms with van der Waals surface area (Å²) in [4.78, 5) is 0. The molecule has 0 N–H and O–H groups in total. The van der Waals surface area contributed by atoms with Gasteiger partial charge in [0.05, 0.1) is 22.4 Å². The molecule has 158 valence electrons. The summed E-state index contributed by atoms with van der Waals surface area (Å²) >= 11 is 0. The quantitative estimate of drug-likeness (QED) is 0.622. The monoisotopic (exact) mass is 408 g/mol. The minimum atomic E-state index is -0.409. The van der Waals surface area contributed by atoms with E-state index in [-0.39, 0.29) is 17.4 Å². The Morgan fingerprint density at radius 3 is 2.47 bits per heavy atom. The molecular formula is C22H29BN4O3. The number of hydrogen-bond acceptors (Lipinski definition) is 5. The van der Waals surface area contributed by atoms with E-state index in [4.69, 9.17) is 19.1 Å². The number of nitrogens with zero attached hydrogens (tertiary/aromatic N) is 4. The number of rotatable bonds is 3. The van der Waals surface area contributed by atoms with E-state index in [1.807, 2.05) is 22.5 Å². The summed E-state index contributed by atoms with van der Waals surface area (Å²) in [5, 5.41) is 10.4. The lowest BCUT2D eigenvalue weighted by Crippen LogP contribution is -2.41. The van der Waals surface area contributed by atoms with Crippen LogP contribution in [0.4, 0.5) is 0 Å². The number of aryl methyl sites for hydroxylation is 1. The lowest BCUT2D eigenvalue weighted by molar-refractivity contribution is -0.0365. The highest BCUT2D eigenvalue weighted by atomic mass is 16.7. The Balaban J connectivity index is 1.63. The van der Waals surface area contributed by atoms with Crippen molar-refractivity contribution in [2.24, 2.45) is 7.05 Å². The minimum absolute atomic E-state index is 0.0362. The lowest BCUT2D eigenvalue weighted by Gasteiger charge is -2.32. The number of aromatic nitrogens is 4. The molecule has 5 rings (SSSR count). The number of benzene rings is 1. The first-order valence-electron chi connectivity index (χ1n) is 10.7. The van der Waals surface area contributed by atoms with E-state index in [0.717, 1.165) is 53.6 Å². The van der Waals surface area contributed by atoms with E-state index >= 15 is 0 Å². The summed E-state index contributed by atoms with van der Waals surface area (Å²) in [5.41, 5.74) is 3.17. The Labute approximate surface area is 177 Å². The molecule has 7 nitrogen and oxygen atoms in total. The van der Waals surface area contributed by atoms with E-state index in [2.05, 4.69) is 51.0 Å². The average molecular weight is 408 g/mol. The third kappa shape index (κ3) is 3.09. The van der Waals surface area contributed by atoms with Crippen molar-refractivity contribution in [3.05, 3.63) is 30.5 Å². The Hall–Kier alpha value is -2.16. The van der Waals surface area contributed by atoms with Crippen LogP contribution < -0.4 is 5.46 Å². The summed E-state index contributed by atoms with van der Waals surface area (Å²) in [5.74, 6) is 0. The number of fused-ring (bicyclic) bond motifs is 1. The first kappa shape index (κ1) is 19.8. The Morgan fingerprint density at radius 2 is 1.83 bits per heavy atom. The molecule has 1 unspecified atom stereocenters. The second-order valence-electron chi connectivity index (χ2n) is 9.32. The number of ether oxygens (including phenoxy) is 1. The van der Waals surface area contributed by atoms with Gasteiger partial charge in [0.25, 0.3) is 0 Å². The van der Waals surface area contributed by atoms with Gasteiger partial charge in [-0.2, -0.15) is 10.2 Å². The molecule has 0 aliphatic carbocycles. The first-order chi connectivity index (χ1) is 14.3. The van der Waals surface area contributed by atoms with Crippen LogP contribution in [0.5, 0.6) is 0 Å². The van der Waals surface area contributed by atoms with Gasteiger partial charge in [0.15, 0.2) is 6.23 Å². The molecule has 2 aliphatic rings. The fourth-order valence-electron chi connectivity index (χ4n) is 4.22. The molecule has 2 aliphatic heterocycles. The molecule has 8 heteroatoms. The van der Waals surface area contributed by atoms with Crippen LogP contribution in [0.25, 0.3) is 22.3 Å². The van der Waals surface area contributed by atoms with Crippen molar-refractivity contribution in [2.75, 3.05) is 6.61 Å². The molecule has 0 bridgehead atoms. The molecule has 30 heavy (non-hydrogen) atoms. The zero-order valence-corrected chi connectivity index (χ0v) is 18.4. The summed E-state index contributed by atoms with van der Waals surface area (Å²) in [6.07, 6.45) is 5.00. The molecule has 0 radical (unpaired) electrons. The van der Waals surface area contributed by atoms with Gasteiger partial charge in [0.1, 0.15) is 5.69 Å². The largest absolute Gasteiger partial charge is 0.494 e. The highest BCUT2D eigenvalue weighted by molar-refractivity contribution is 6.62. The summed E-state index contributed by atoms with van der Waals surface area (Å²) in [7, 11) is 1.53. The van der Waals surface area contributed by atoms with Gasteiger partial charge < -0.3 is 14.0 Å². The summed E-state index contributed by atoms with van der Waals surface area (Å²) in [6.45, 7) is 9.07. The Morgan fingerprint density at radius 1 is 1.07 bits per heavy atom. The fourth-order valence-corrected chi connectivity index (χ4v) is 4.22. The molecule has 2 aromatic heterocycles. The average Bonchev–Trinajstić information content (AvgIpc) is 3.35. The van der Waals surface area contributed by atoms with E-state index in [9.17, 15) is 0 Å². The summed E-state index contributed by atoms with van der Waals surface area (Å²) < 4.78 is 22.5. The maximum atomic E-state index is 6.28. The van der Waals surface area contributed by atoms with Gasteiger partial charge in [-0.05, 0) is 64.6 Å². The third-order valence-corrected chi connectivity index (χ3v) is 6.75. The molecule has 0 saturated carbocycles. The molecule has 0 amide bonds. The molecule has 1 aromatic carbocycles. The SMILES string of the molecule is Cn1nccc1-c1nn(C2CCCCO2)c2ccc(B3OC(C)(C)C(C)(C)O3)cc12. The van der Waals surface area contributed by atoms with E-state index in [0.29, 0.717) is 0 Å². The molecule has 3 aromatic rings. The molecule has 0 spiro atoms. The van der Waals surface area contributed by atoms with Gasteiger partial charge in [-0.1, -0.05) is 12.1 Å². The van der Waals surface area contributed by atoms with Crippen LogP contribution in [0.2, 0.25) is 0 Å². The van der Waals surface area contributed by atoms with Crippen LogP contribution in [-0.4, -0.2) is 44.5 Å². The maximum absolute atomic E-state index is 6.28. The molecule has 4 heterocycles. The van der Waals surface area contributed by atoms with Gasteiger partial charge in [-0.15, -0.1) is 0 Å². The van der Waals surface area contributed by atoms with Crippen molar-refractivity contribution in [3.63, 3.8) is 0 Å². The van der Waals surface area contributed by atoms with Crippen LogP contribution in [0.15, 0.2) is 30.5 Å². The van der Waals surface area contributed by atoms with Gasteiger partial charge in [-0.3, -0.25) is 4.68 Å². The zero-order chi connectivity index (χ0) is 21.1. The minimum Gasteiger partial charge on any atom is -0.399 e. The van der Waals surface area contributed by atoms with Gasteiger partial charge in [0, 0.05) is 25.2 Å². The van der Waals surface area contributed by atoms with Crippen molar-refractivity contribution in [3.8, 4) is 11.4 Å². The van der Waals surface area contributed by atoms with E-state index < -0.39 is 7.12 Å². The van der Waals surface area contributed by atoms with Crippen molar-refractivity contribution < 1.29 is 14.0 Å². The van der Waals surface area contributed by atoms with Crippen LogP contribution >= 0.6 is 0 Å². The van der Waals surface area contributed by atoms with E-state index in [1.54, 1.807) is 6.20 Å². The second kappa shape index (κ2) is 6.94. The smallest absolute Gasteiger partial charge is 0.399 e. The predicted molar refractivity (Wildman–Crippen MR) is 116 cm³/mol. The lowest BCUT2D eigenvalue weighted by atomic mass is 9.78. The van der Waals surface area contributed by atoms with Crippen molar-refractivity contribution in [1.29, 1.82) is 0 Å². The van der Waals surface area contributed by atoms with E-state index in [1.165, 1.54) is 0 Å². The topological polar surface area (TPSA) is 63.3 Å². The molecule has 2 saturated heterocycles. The predicted octanol–water partition coefficient (Wildman–Crippen LogP) is 3.44.